The predicted molar refractivity (Wildman–Crippen MR) is 87.4 cm³/mol. The van der Waals surface area contributed by atoms with Crippen LogP contribution in [0.2, 0.25) is 5.02 Å². The SMILES string of the molecule is O=C(COc1ccc(Cl)cc1)N/N=C\c1cc([N+](=O)[O-])ccc1O. The third-order valence-electron chi connectivity index (χ3n) is 2.80. The van der Waals surface area contributed by atoms with Crippen molar-refractivity contribution in [2.75, 3.05) is 6.61 Å². The summed E-state index contributed by atoms with van der Waals surface area (Å²) in [6, 6.07) is 9.93. The number of halogens is 1. The second kappa shape index (κ2) is 7.93. The van der Waals surface area contributed by atoms with Gasteiger partial charge in [0.05, 0.1) is 11.1 Å². The predicted octanol–water partition coefficient (Wildman–Crippen LogP) is 2.48. The van der Waals surface area contributed by atoms with Gasteiger partial charge in [0.15, 0.2) is 6.61 Å². The minimum absolute atomic E-state index is 0.100. The molecule has 0 aliphatic rings. The van der Waals surface area contributed by atoms with E-state index in [4.69, 9.17) is 16.3 Å². The highest BCUT2D eigenvalue weighted by Gasteiger charge is 2.09. The molecule has 124 valence electrons. The van der Waals surface area contributed by atoms with E-state index in [1.807, 2.05) is 0 Å². The molecule has 8 nitrogen and oxygen atoms in total. The largest absolute Gasteiger partial charge is 0.507 e. The van der Waals surface area contributed by atoms with Crippen molar-refractivity contribution < 1.29 is 19.6 Å². The molecule has 0 heterocycles. The van der Waals surface area contributed by atoms with Crippen LogP contribution < -0.4 is 10.2 Å². The Bertz CT molecular complexity index is 777. The molecule has 24 heavy (non-hydrogen) atoms. The Labute approximate surface area is 141 Å². The molecule has 0 fully saturated rings. The van der Waals surface area contributed by atoms with Gasteiger partial charge in [-0.25, -0.2) is 5.43 Å². The van der Waals surface area contributed by atoms with Gasteiger partial charge in [-0.05, 0) is 30.3 Å². The number of aromatic hydroxyl groups is 1. The number of amides is 1. The Morgan fingerprint density at radius 2 is 2.04 bits per heavy atom. The number of nitro groups is 1. The second-order valence-corrected chi connectivity index (χ2v) is 4.97. The molecule has 0 aromatic heterocycles. The van der Waals surface area contributed by atoms with Crippen LogP contribution in [0.1, 0.15) is 5.56 Å². The summed E-state index contributed by atoms with van der Waals surface area (Å²) in [5.41, 5.74) is 2.09. The van der Waals surface area contributed by atoms with Gasteiger partial charge < -0.3 is 9.84 Å². The number of benzene rings is 2. The third-order valence-corrected chi connectivity index (χ3v) is 3.05. The fourth-order valence-electron chi connectivity index (χ4n) is 1.64. The summed E-state index contributed by atoms with van der Waals surface area (Å²) in [7, 11) is 0. The molecule has 0 aliphatic carbocycles. The fraction of sp³-hybridized carbons (Fsp3) is 0.0667. The molecule has 0 saturated carbocycles. The van der Waals surface area contributed by atoms with E-state index in [0.717, 1.165) is 18.3 Å². The molecule has 0 aliphatic heterocycles. The van der Waals surface area contributed by atoms with Crippen molar-refractivity contribution in [2.45, 2.75) is 0 Å². The van der Waals surface area contributed by atoms with Crippen LogP contribution in [0, 0.1) is 10.1 Å². The maximum Gasteiger partial charge on any atom is 0.277 e. The van der Waals surface area contributed by atoms with Gasteiger partial charge >= 0.3 is 0 Å². The number of rotatable bonds is 6. The number of carbonyl (C=O) groups excluding carboxylic acids is 1. The molecule has 1 amide bonds. The molecule has 2 rings (SSSR count). The zero-order valence-electron chi connectivity index (χ0n) is 12.2. The number of ether oxygens (including phenoxy) is 1. The molecule has 2 aromatic carbocycles. The molecule has 0 bridgehead atoms. The lowest BCUT2D eigenvalue weighted by molar-refractivity contribution is -0.384. The molecular weight excluding hydrogens is 338 g/mol. The molecular formula is C15H12ClN3O5. The summed E-state index contributed by atoms with van der Waals surface area (Å²) in [4.78, 5) is 21.7. The molecule has 0 radical (unpaired) electrons. The van der Waals surface area contributed by atoms with Crippen molar-refractivity contribution in [3.8, 4) is 11.5 Å². The van der Waals surface area contributed by atoms with Gasteiger partial charge in [-0.1, -0.05) is 11.6 Å². The molecule has 0 atom stereocenters. The topological polar surface area (TPSA) is 114 Å². The fourth-order valence-corrected chi connectivity index (χ4v) is 1.77. The number of carbonyl (C=O) groups is 1. The van der Waals surface area contributed by atoms with E-state index in [-0.39, 0.29) is 23.6 Å². The standard InChI is InChI=1S/C15H12ClN3O5/c16-11-1-4-13(5-2-11)24-9-15(21)18-17-8-10-7-12(19(22)23)3-6-14(10)20/h1-8,20H,9H2,(H,18,21)/b17-8-. The lowest BCUT2D eigenvalue weighted by atomic mass is 10.2. The summed E-state index contributed by atoms with van der Waals surface area (Å²) in [5.74, 6) is -0.267. The summed E-state index contributed by atoms with van der Waals surface area (Å²) >= 11 is 5.73. The number of nitro benzene ring substituents is 1. The lowest BCUT2D eigenvalue weighted by Gasteiger charge is -2.04. The highest BCUT2D eigenvalue weighted by Crippen LogP contribution is 2.21. The van der Waals surface area contributed by atoms with Crippen LogP contribution in [0.4, 0.5) is 5.69 Å². The van der Waals surface area contributed by atoms with Crippen molar-refractivity contribution in [1.82, 2.24) is 5.43 Å². The van der Waals surface area contributed by atoms with Crippen LogP contribution in [0.25, 0.3) is 0 Å². The highest BCUT2D eigenvalue weighted by atomic mass is 35.5. The number of hydrogen-bond acceptors (Lipinski definition) is 6. The maximum atomic E-state index is 11.6. The molecule has 0 saturated heterocycles. The lowest BCUT2D eigenvalue weighted by Crippen LogP contribution is -2.24. The second-order valence-electron chi connectivity index (χ2n) is 4.54. The Morgan fingerprint density at radius 3 is 2.71 bits per heavy atom. The first-order chi connectivity index (χ1) is 11.5. The Balaban J connectivity index is 1.89. The number of hydrazone groups is 1. The van der Waals surface area contributed by atoms with Crippen molar-refractivity contribution in [1.29, 1.82) is 0 Å². The van der Waals surface area contributed by atoms with E-state index in [1.54, 1.807) is 24.3 Å². The van der Waals surface area contributed by atoms with Crippen LogP contribution in [-0.4, -0.2) is 28.8 Å². The number of nitrogens with zero attached hydrogens (tertiary/aromatic N) is 2. The Morgan fingerprint density at radius 1 is 1.33 bits per heavy atom. The molecule has 2 aromatic rings. The molecule has 0 unspecified atom stereocenters. The van der Waals surface area contributed by atoms with Crippen LogP contribution in [0.3, 0.4) is 0 Å². The molecule has 9 heteroatoms. The Hall–Kier alpha value is -3.13. The summed E-state index contributed by atoms with van der Waals surface area (Å²) in [6.07, 6.45) is 1.10. The van der Waals surface area contributed by atoms with Gasteiger partial charge in [0, 0.05) is 22.7 Å². The average molecular weight is 350 g/mol. The van der Waals surface area contributed by atoms with Crippen molar-refractivity contribution in [2.24, 2.45) is 5.10 Å². The van der Waals surface area contributed by atoms with E-state index >= 15 is 0 Å². The number of hydrogen-bond donors (Lipinski definition) is 2. The monoisotopic (exact) mass is 349 g/mol. The summed E-state index contributed by atoms with van der Waals surface area (Å²) < 4.78 is 5.22. The number of phenols is 1. The zero-order valence-corrected chi connectivity index (χ0v) is 12.9. The number of nitrogens with one attached hydrogen (secondary N) is 1. The van der Waals surface area contributed by atoms with E-state index in [2.05, 4.69) is 10.5 Å². The van der Waals surface area contributed by atoms with Crippen LogP contribution in [0.5, 0.6) is 11.5 Å². The van der Waals surface area contributed by atoms with Gasteiger partial charge in [0.25, 0.3) is 11.6 Å². The smallest absolute Gasteiger partial charge is 0.277 e. The first-order valence-corrected chi connectivity index (χ1v) is 7.01. The zero-order chi connectivity index (χ0) is 17.5. The number of non-ortho nitro benzene ring substituents is 1. The van der Waals surface area contributed by atoms with E-state index in [9.17, 15) is 20.0 Å². The van der Waals surface area contributed by atoms with Gasteiger partial charge in [-0.15, -0.1) is 0 Å². The van der Waals surface area contributed by atoms with E-state index in [1.165, 1.54) is 6.07 Å². The quantitative estimate of drug-likeness (QED) is 0.472. The maximum absolute atomic E-state index is 11.6. The van der Waals surface area contributed by atoms with Crippen molar-refractivity contribution >= 4 is 29.4 Å². The van der Waals surface area contributed by atoms with Gasteiger partial charge in [-0.2, -0.15) is 5.10 Å². The van der Waals surface area contributed by atoms with Crippen molar-refractivity contribution in [3.63, 3.8) is 0 Å². The average Bonchev–Trinajstić information content (AvgIpc) is 2.56. The van der Waals surface area contributed by atoms with E-state index in [0.29, 0.717) is 10.8 Å². The molecule has 0 spiro atoms. The van der Waals surface area contributed by atoms with Crippen molar-refractivity contribution in [3.05, 3.63) is 63.2 Å². The van der Waals surface area contributed by atoms with E-state index < -0.39 is 10.8 Å². The normalized spacial score (nSPS) is 10.5. The third kappa shape index (κ3) is 4.96. The summed E-state index contributed by atoms with van der Waals surface area (Å²) in [5, 5.41) is 24.4. The van der Waals surface area contributed by atoms with Gasteiger partial charge in [0.1, 0.15) is 11.5 Å². The first kappa shape index (κ1) is 17.2. The molecule has 2 N–H and O–H groups in total. The first-order valence-electron chi connectivity index (χ1n) is 6.63. The Kier molecular flexibility index (Phi) is 5.69. The minimum atomic E-state index is -0.602. The van der Waals surface area contributed by atoms with Crippen LogP contribution >= 0.6 is 11.6 Å². The highest BCUT2D eigenvalue weighted by molar-refractivity contribution is 6.30. The van der Waals surface area contributed by atoms with Gasteiger partial charge in [-0.3, -0.25) is 14.9 Å². The van der Waals surface area contributed by atoms with Crippen LogP contribution in [0.15, 0.2) is 47.6 Å². The summed E-state index contributed by atoms with van der Waals surface area (Å²) in [6.45, 7) is -0.278. The van der Waals surface area contributed by atoms with Gasteiger partial charge in [0.2, 0.25) is 0 Å². The number of phenolic OH excluding ortho intramolecular Hbond substituents is 1. The minimum Gasteiger partial charge on any atom is -0.507 e. The van der Waals surface area contributed by atoms with Crippen LogP contribution in [-0.2, 0) is 4.79 Å².